The predicted octanol–water partition coefficient (Wildman–Crippen LogP) is 4.26. The van der Waals surface area contributed by atoms with E-state index >= 15 is 4.39 Å². The van der Waals surface area contributed by atoms with Crippen molar-refractivity contribution in [3.05, 3.63) is 53.4 Å². The molecule has 4 rings (SSSR count). The molecule has 9 nitrogen and oxygen atoms in total. The molecule has 0 saturated carbocycles. The summed E-state index contributed by atoms with van der Waals surface area (Å²) in [5.41, 5.74) is 0.00620. The quantitative estimate of drug-likeness (QED) is 0.572. The van der Waals surface area contributed by atoms with Crippen LogP contribution in [0.15, 0.2) is 29.0 Å². The van der Waals surface area contributed by atoms with Crippen molar-refractivity contribution in [3.8, 4) is 0 Å². The zero-order chi connectivity index (χ0) is 25.3. The molecule has 2 aromatic heterocycles. The Hall–Kier alpha value is -3.63. The third-order valence-corrected chi connectivity index (χ3v) is 5.90. The maximum atomic E-state index is 15.3. The molecule has 186 valence electrons. The molecule has 1 fully saturated rings. The highest BCUT2D eigenvalue weighted by Gasteiger charge is 2.30. The number of carbonyl (C=O) groups is 1. The summed E-state index contributed by atoms with van der Waals surface area (Å²) in [6, 6.07) is 3.97. The second kappa shape index (κ2) is 9.55. The second-order valence-corrected chi connectivity index (χ2v) is 9.85. The van der Waals surface area contributed by atoms with Crippen LogP contribution < -0.4 is 10.2 Å². The zero-order valence-electron chi connectivity index (χ0n) is 20.5. The van der Waals surface area contributed by atoms with Gasteiger partial charge in [-0.3, -0.25) is 4.79 Å². The van der Waals surface area contributed by atoms with Crippen LogP contribution in [0.2, 0.25) is 0 Å². The third-order valence-electron chi connectivity index (χ3n) is 5.90. The summed E-state index contributed by atoms with van der Waals surface area (Å²) >= 11 is 0. The van der Waals surface area contributed by atoms with Gasteiger partial charge >= 0.3 is 0 Å². The Labute approximate surface area is 202 Å². The first kappa shape index (κ1) is 24.5. The Morgan fingerprint density at radius 3 is 2.49 bits per heavy atom. The number of nitrogens with zero attached hydrogens (tertiary/aromatic N) is 6. The molecule has 0 spiro atoms. The van der Waals surface area contributed by atoms with Gasteiger partial charge in [0.2, 0.25) is 11.7 Å². The van der Waals surface area contributed by atoms with E-state index < -0.39 is 11.6 Å². The average molecular weight is 486 g/mol. The third kappa shape index (κ3) is 5.23. The molecule has 1 N–H and O–H groups in total. The lowest BCUT2D eigenvalue weighted by atomic mass is 9.95. The van der Waals surface area contributed by atoms with Gasteiger partial charge in [0.1, 0.15) is 12.1 Å². The first-order valence-corrected chi connectivity index (χ1v) is 11.4. The summed E-state index contributed by atoms with van der Waals surface area (Å²) in [5.74, 6) is -0.333. The SMILES string of the molecule is CN(C)C(=O)c1ccc(Nc2ncnc(N3CCC(c4nc(C(C)(C)C)no4)CC3)c2F)c(F)c1. The maximum Gasteiger partial charge on any atom is 0.253 e. The monoisotopic (exact) mass is 485 g/mol. The fourth-order valence-electron chi connectivity index (χ4n) is 3.85. The van der Waals surface area contributed by atoms with Crippen LogP contribution in [0.25, 0.3) is 0 Å². The highest BCUT2D eigenvalue weighted by atomic mass is 19.1. The Kier molecular flexibility index (Phi) is 6.68. The summed E-state index contributed by atoms with van der Waals surface area (Å²) in [6.07, 6.45) is 2.64. The molecule has 1 amide bonds. The lowest BCUT2D eigenvalue weighted by molar-refractivity contribution is 0.0827. The Bertz CT molecular complexity index is 1210. The number of hydrogen-bond acceptors (Lipinski definition) is 8. The fraction of sp³-hybridized carbons (Fsp3) is 0.458. The van der Waals surface area contributed by atoms with E-state index in [0.29, 0.717) is 37.6 Å². The second-order valence-electron chi connectivity index (χ2n) is 9.85. The molecule has 1 aromatic carbocycles. The number of hydrogen-bond donors (Lipinski definition) is 1. The van der Waals surface area contributed by atoms with E-state index in [1.54, 1.807) is 14.1 Å². The van der Waals surface area contributed by atoms with E-state index in [2.05, 4.69) is 25.4 Å². The summed E-state index contributed by atoms with van der Waals surface area (Å²) < 4.78 is 35.4. The highest BCUT2D eigenvalue weighted by molar-refractivity contribution is 5.94. The van der Waals surface area contributed by atoms with Crippen LogP contribution >= 0.6 is 0 Å². The molecule has 3 heterocycles. The average Bonchev–Trinajstić information content (AvgIpc) is 3.32. The Morgan fingerprint density at radius 1 is 1.17 bits per heavy atom. The van der Waals surface area contributed by atoms with Gasteiger partial charge in [0.15, 0.2) is 17.5 Å². The van der Waals surface area contributed by atoms with E-state index in [9.17, 15) is 9.18 Å². The van der Waals surface area contributed by atoms with Crippen LogP contribution in [0.3, 0.4) is 0 Å². The normalized spacial score (nSPS) is 14.8. The minimum Gasteiger partial charge on any atom is -0.354 e. The van der Waals surface area contributed by atoms with Crippen molar-refractivity contribution < 1.29 is 18.1 Å². The number of amides is 1. The van der Waals surface area contributed by atoms with Crippen LogP contribution in [0, 0.1) is 11.6 Å². The molecule has 0 radical (unpaired) electrons. The molecule has 1 aliphatic rings. The van der Waals surface area contributed by atoms with Crippen molar-refractivity contribution in [2.24, 2.45) is 0 Å². The molecule has 3 aromatic rings. The number of carbonyl (C=O) groups excluding carboxylic acids is 1. The standard InChI is InChI=1S/C24H29F2N7O2/c1-24(2,3)23-30-21(35-31-23)14-8-10-33(11-9-14)20-18(26)19(27-13-28-20)29-17-7-6-15(12-16(17)25)22(34)32(4)5/h6-7,12-14H,8-11H2,1-5H3,(H,27,28,29). The van der Waals surface area contributed by atoms with Crippen LogP contribution in [0.5, 0.6) is 0 Å². The predicted molar refractivity (Wildman–Crippen MR) is 127 cm³/mol. The van der Waals surface area contributed by atoms with Crippen molar-refractivity contribution in [2.75, 3.05) is 37.4 Å². The highest BCUT2D eigenvalue weighted by Crippen LogP contribution is 2.33. The zero-order valence-corrected chi connectivity index (χ0v) is 20.5. The fourth-order valence-corrected chi connectivity index (χ4v) is 3.85. The van der Waals surface area contributed by atoms with Gasteiger partial charge in [0.05, 0.1) is 5.69 Å². The minimum absolute atomic E-state index is 0.00797. The Morgan fingerprint density at radius 2 is 1.89 bits per heavy atom. The van der Waals surface area contributed by atoms with Crippen LogP contribution in [-0.2, 0) is 5.41 Å². The van der Waals surface area contributed by atoms with Crippen LogP contribution in [-0.4, -0.2) is 58.1 Å². The van der Waals surface area contributed by atoms with E-state index in [0.717, 1.165) is 6.07 Å². The van der Waals surface area contributed by atoms with Gasteiger partial charge in [0.25, 0.3) is 5.91 Å². The molecular formula is C24H29F2N7O2. The van der Waals surface area contributed by atoms with E-state index in [1.165, 1.54) is 23.4 Å². The van der Waals surface area contributed by atoms with Crippen molar-refractivity contribution in [2.45, 2.75) is 44.9 Å². The lowest BCUT2D eigenvalue weighted by Crippen LogP contribution is -2.34. The number of rotatable bonds is 5. The van der Waals surface area contributed by atoms with Crippen molar-refractivity contribution in [3.63, 3.8) is 0 Å². The van der Waals surface area contributed by atoms with Gasteiger partial charge in [0, 0.05) is 44.1 Å². The van der Waals surface area contributed by atoms with Gasteiger partial charge in [-0.1, -0.05) is 25.9 Å². The summed E-state index contributed by atoms with van der Waals surface area (Å²) in [7, 11) is 3.16. The van der Waals surface area contributed by atoms with E-state index in [-0.39, 0.29) is 40.1 Å². The van der Waals surface area contributed by atoms with Crippen molar-refractivity contribution in [1.29, 1.82) is 0 Å². The molecule has 35 heavy (non-hydrogen) atoms. The number of aromatic nitrogens is 4. The minimum atomic E-state index is -0.688. The Balaban J connectivity index is 1.46. The van der Waals surface area contributed by atoms with Crippen LogP contribution in [0.1, 0.15) is 61.6 Å². The molecule has 11 heteroatoms. The van der Waals surface area contributed by atoms with Crippen molar-refractivity contribution in [1.82, 2.24) is 25.0 Å². The molecule has 1 saturated heterocycles. The largest absolute Gasteiger partial charge is 0.354 e. The number of anilines is 3. The topological polar surface area (TPSA) is 100 Å². The summed E-state index contributed by atoms with van der Waals surface area (Å²) in [5, 5.41) is 6.78. The van der Waals surface area contributed by atoms with Crippen molar-refractivity contribution >= 4 is 23.2 Å². The van der Waals surface area contributed by atoms with Gasteiger partial charge in [-0.15, -0.1) is 0 Å². The lowest BCUT2D eigenvalue weighted by Gasteiger charge is -2.31. The van der Waals surface area contributed by atoms with Gasteiger partial charge in [-0.25, -0.2) is 14.4 Å². The van der Waals surface area contributed by atoms with Crippen LogP contribution in [0.4, 0.5) is 26.1 Å². The molecule has 1 aliphatic heterocycles. The number of piperidine rings is 1. The number of nitrogens with one attached hydrogen (secondary N) is 1. The van der Waals surface area contributed by atoms with Gasteiger partial charge in [-0.05, 0) is 31.0 Å². The summed E-state index contributed by atoms with van der Waals surface area (Å²) in [4.78, 5) is 27.8. The summed E-state index contributed by atoms with van der Waals surface area (Å²) in [6.45, 7) is 7.16. The van der Waals surface area contributed by atoms with E-state index in [1.807, 2.05) is 25.7 Å². The van der Waals surface area contributed by atoms with Gasteiger partial charge in [-0.2, -0.15) is 9.37 Å². The molecule has 0 aliphatic carbocycles. The molecule has 0 bridgehead atoms. The number of benzene rings is 1. The number of halogens is 2. The molecule has 0 unspecified atom stereocenters. The smallest absolute Gasteiger partial charge is 0.253 e. The first-order valence-electron chi connectivity index (χ1n) is 11.4. The first-order chi connectivity index (χ1) is 16.5. The molecular weight excluding hydrogens is 456 g/mol. The van der Waals surface area contributed by atoms with E-state index in [4.69, 9.17) is 4.52 Å². The molecule has 0 atom stereocenters. The van der Waals surface area contributed by atoms with Gasteiger partial charge < -0.3 is 19.6 Å². The maximum absolute atomic E-state index is 15.3.